The molecule has 0 bridgehead atoms. The summed E-state index contributed by atoms with van der Waals surface area (Å²) in [4.78, 5) is 10.2. The molecule has 0 heterocycles. The number of hydrogen-bond donors (Lipinski definition) is 0. The smallest absolute Gasteiger partial charge is 0.153 e. The molecule has 8 heavy (non-hydrogen) atoms. The van der Waals surface area contributed by atoms with E-state index in [9.17, 15) is 4.79 Å². The first kappa shape index (κ1) is 7.76. The van der Waals surface area contributed by atoms with Gasteiger partial charge < -0.3 is 0 Å². The molecule has 0 aliphatic carbocycles. The van der Waals surface area contributed by atoms with Crippen molar-refractivity contribution in [3.8, 4) is 0 Å². The first-order valence-electron chi connectivity index (χ1n) is 2.56. The van der Waals surface area contributed by atoms with Crippen LogP contribution in [0.1, 0.15) is 13.8 Å². The van der Waals surface area contributed by atoms with Gasteiger partial charge in [-0.3, -0.25) is 4.79 Å². The van der Waals surface area contributed by atoms with Crippen LogP contribution in [0.15, 0.2) is 11.5 Å². The van der Waals surface area contributed by atoms with E-state index in [-0.39, 0.29) is 5.78 Å². The Hall–Kier alpha value is -0.240. The predicted octanol–water partition coefficient (Wildman–Crippen LogP) is 1.84. The molecular weight excluding hydrogens is 120 g/mol. The van der Waals surface area contributed by atoms with Gasteiger partial charge in [0.25, 0.3) is 0 Å². The van der Waals surface area contributed by atoms with Gasteiger partial charge in [0.15, 0.2) is 5.78 Å². The maximum Gasteiger partial charge on any atom is 0.153 e. The van der Waals surface area contributed by atoms with E-state index in [1.54, 1.807) is 24.8 Å². The Morgan fingerprint density at radius 1 is 1.75 bits per heavy atom. The van der Waals surface area contributed by atoms with Crippen LogP contribution in [-0.2, 0) is 4.79 Å². The van der Waals surface area contributed by atoms with Crippen LogP contribution in [0.2, 0.25) is 0 Å². The summed E-state index contributed by atoms with van der Waals surface area (Å²) in [6.45, 7) is 3.60. The molecule has 0 radical (unpaired) electrons. The molecule has 2 heteroatoms. The molecule has 0 aromatic heterocycles. The van der Waals surface area contributed by atoms with E-state index < -0.39 is 0 Å². The molecule has 0 aromatic rings. The Kier molecular flexibility index (Phi) is 4.76. The fraction of sp³-hybridized carbons (Fsp3) is 0.500. The summed E-state index contributed by atoms with van der Waals surface area (Å²) in [7, 11) is 0. The molecular formula is C6H10OS. The van der Waals surface area contributed by atoms with E-state index in [1.165, 1.54) is 0 Å². The summed E-state index contributed by atoms with van der Waals surface area (Å²) < 4.78 is 0. The van der Waals surface area contributed by atoms with Crippen molar-refractivity contribution in [2.75, 3.05) is 5.75 Å². The van der Waals surface area contributed by atoms with Gasteiger partial charge in [-0.25, -0.2) is 0 Å². The summed E-state index contributed by atoms with van der Waals surface area (Å²) >= 11 is 1.64. The van der Waals surface area contributed by atoms with E-state index in [0.29, 0.717) is 0 Å². The van der Waals surface area contributed by atoms with Gasteiger partial charge in [-0.15, -0.1) is 11.8 Å². The lowest BCUT2D eigenvalue weighted by molar-refractivity contribution is -0.112. The number of rotatable bonds is 3. The number of carbonyl (C=O) groups is 1. The molecule has 0 unspecified atom stereocenters. The second kappa shape index (κ2) is 4.91. The van der Waals surface area contributed by atoms with Crippen LogP contribution >= 0.6 is 11.8 Å². The van der Waals surface area contributed by atoms with Gasteiger partial charge in [0, 0.05) is 0 Å². The Bertz CT molecular complexity index is 96.7. The van der Waals surface area contributed by atoms with Crippen molar-refractivity contribution in [3.05, 3.63) is 11.5 Å². The molecule has 0 fully saturated rings. The molecule has 0 saturated carbocycles. The van der Waals surface area contributed by atoms with Gasteiger partial charge >= 0.3 is 0 Å². The summed E-state index contributed by atoms with van der Waals surface area (Å²) in [5, 5.41) is 1.82. The molecule has 0 spiro atoms. The van der Waals surface area contributed by atoms with Gasteiger partial charge in [0.2, 0.25) is 0 Å². The number of hydrogen-bond acceptors (Lipinski definition) is 2. The second-order valence-electron chi connectivity index (χ2n) is 1.37. The topological polar surface area (TPSA) is 17.1 Å². The minimum absolute atomic E-state index is 0.117. The lowest BCUT2D eigenvalue weighted by Crippen LogP contribution is -1.77. The van der Waals surface area contributed by atoms with Crippen LogP contribution in [0, 0.1) is 0 Å². The fourth-order valence-electron chi connectivity index (χ4n) is 0.240. The quantitative estimate of drug-likeness (QED) is 0.542. The zero-order valence-electron chi connectivity index (χ0n) is 5.18. The minimum atomic E-state index is 0.117. The molecule has 0 aliphatic rings. The van der Waals surface area contributed by atoms with Gasteiger partial charge in [-0.2, -0.15) is 0 Å². The number of thioether (sulfide) groups is 1. The minimum Gasteiger partial charge on any atom is -0.295 e. The van der Waals surface area contributed by atoms with Crippen LogP contribution < -0.4 is 0 Å². The standard InChI is InChI=1S/C6H10OS/c1-3-8-5-4-6(2)7/h4-5H,3H2,1-2H3/b5-4-. The summed E-state index contributed by atoms with van der Waals surface area (Å²) in [5.74, 6) is 1.15. The Morgan fingerprint density at radius 3 is 2.75 bits per heavy atom. The first-order chi connectivity index (χ1) is 3.77. The van der Waals surface area contributed by atoms with Crippen molar-refractivity contribution in [2.45, 2.75) is 13.8 Å². The van der Waals surface area contributed by atoms with Crippen molar-refractivity contribution in [3.63, 3.8) is 0 Å². The fourth-order valence-corrected chi connectivity index (χ4v) is 0.720. The van der Waals surface area contributed by atoms with Gasteiger partial charge in [-0.05, 0) is 24.2 Å². The maximum absolute atomic E-state index is 10.2. The monoisotopic (exact) mass is 130 g/mol. The molecule has 0 aliphatic heterocycles. The highest BCUT2D eigenvalue weighted by Gasteiger charge is 1.78. The van der Waals surface area contributed by atoms with Gasteiger partial charge in [0.05, 0.1) is 0 Å². The van der Waals surface area contributed by atoms with Crippen molar-refractivity contribution in [1.29, 1.82) is 0 Å². The highest BCUT2D eigenvalue weighted by molar-refractivity contribution is 8.02. The van der Waals surface area contributed by atoms with Crippen LogP contribution in [0.4, 0.5) is 0 Å². The van der Waals surface area contributed by atoms with Crippen molar-refractivity contribution in [1.82, 2.24) is 0 Å². The van der Waals surface area contributed by atoms with Gasteiger partial charge in [-0.1, -0.05) is 6.92 Å². The largest absolute Gasteiger partial charge is 0.295 e. The lowest BCUT2D eigenvalue weighted by atomic mass is 10.5. The van der Waals surface area contributed by atoms with Crippen molar-refractivity contribution >= 4 is 17.5 Å². The van der Waals surface area contributed by atoms with E-state index in [0.717, 1.165) is 5.75 Å². The van der Waals surface area contributed by atoms with Crippen molar-refractivity contribution in [2.24, 2.45) is 0 Å². The summed E-state index contributed by atoms with van der Waals surface area (Å²) in [6, 6.07) is 0. The lowest BCUT2D eigenvalue weighted by Gasteiger charge is -1.80. The van der Waals surface area contributed by atoms with Gasteiger partial charge in [0.1, 0.15) is 0 Å². The third-order valence-electron chi connectivity index (χ3n) is 0.566. The molecule has 0 rings (SSSR count). The zero-order valence-corrected chi connectivity index (χ0v) is 5.99. The van der Waals surface area contributed by atoms with E-state index in [2.05, 4.69) is 6.92 Å². The van der Waals surface area contributed by atoms with Crippen LogP contribution in [-0.4, -0.2) is 11.5 Å². The maximum atomic E-state index is 10.2. The highest BCUT2D eigenvalue weighted by Crippen LogP contribution is 1.98. The van der Waals surface area contributed by atoms with E-state index >= 15 is 0 Å². The number of ketones is 1. The van der Waals surface area contributed by atoms with E-state index in [4.69, 9.17) is 0 Å². The Morgan fingerprint density at radius 2 is 2.38 bits per heavy atom. The van der Waals surface area contributed by atoms with Crippen LogP contribution in [0.5, 0.6) is 0 Å². The predicted molar refractivity (Wildman–Crippen MR) is 38.0 cm³/mol. The summed E-state index contributed by atoms with van der Waals surface area (Å²) in [5.41, 5.74) is 0. The highest BCUT2D eigenvalue weighted by atomic mass is 32.2. The summed E-state index contributed by atoms with van der Waals surface area (Å²) in [6.07, 6.45) is 1.58. The SMILES string of the molecule is CCS/C=C\C(C)=O. The number of allylic oxidation sites excluding steroid dienone is 1. The molecule has 0 atom stereocenters. The van der Waals surface area contributed by atoms with Crippen LogP contribution in [0.3, 0.4) is 0 Å². The Balaban J connectivity index is 3.20. The molecule has 0 saturated heterocycles. The Labute approximate surface area is 54.2 Å². The average molecular weight is 130 g/mol. The normalized spacial score (nSPS) is 10.2. The van der Waals surface area contributed by atoms with Crippen LogP contribution in [0.25, 0.3) is 0 Å². The third-order valence-corrected chi connectivity index (χ3v) is 1.23. The third kappa shape index (κ3) is 5.76. The first-order valence-corrected chi connectivity index (χ1v) is 3.61. The van der Waals surface area contributed by atoms with E-state index in [1.807, 2.05) is 5.41 Å². The number of carbonyl (C=O) groups excluding carboxylic acids is 1. The molecule has 0 amide bonds. The zero-order chi connectivity index (χ0) is 6.41. The second-order valence-corrected chi connectivity index (χ2v) is 2.55. The average Bonchev–Trinajstić information content (AvgIpc) is 1.66. The molecule has 46 valence electrons. The molecule has 1 nitrogen and oxygen atoms in total. The van der Waals surface area contributed by atoms with Crippen molar-refractivity contribution < 1.29 is 4.79 Å². The molecule has 0 aromatic carbocycles. The molecule has 0 N–H and O–H groups in total.